The number of non-ortho nitro benzene ring substituents is 1. The third-order valence-corrected chi connectivity index (χ3v) is 5.23. The molecular formula is C23H19N3O4. The summed E-state index contributed by atoms with van der Waals surface area (Å²) in [6.45, 7) is 2.26. The molecule has 7 heteroatoms. The van der Waals surface area contributed by atoms with E-state index in [-0.39, 0.29) is 11.6 Å². The number of fused-ring (bicyclic) bond motifs is 2. The first kappa shape index (κ1) is 19.4. The molecule has 1 atom stereocenters. The number of ether oxygens (including phenoxy) is 2. The molecule has 1 aliphatic carbocycles. The second-order valence-electron chi connectivity index (χ2n) is 6.92. The van der Waals surface area contributed by atoms with Crippen LogP contribution >= 0.6 is 0 Å². The molecule has 4 rings (SSSR count). The highest BCUT2D eigenvalue weighted by molar-refractivity contribution is 5.74. The highest BCUT2D eigenvalue weighted by atomic mass is 16.6. The van der Waals surface area contributed by atoms with Gasteiger partial charge in [0.1, 0.15) is 17.4 Å². The van der Waals surface area contributed by atoms with E-state index in [1.807, 2.05) is 25.1 Å². The molecule has 0 N–H and O–H groups in total. The highest BCUT2D eigenvalue weighted by Gasteiger charge is 2.37. The molecule has 1 heterocycles. The Morgan fingerprint density at radius 2 is 2.13 bits per heavy atom. The van der Waals surface area contributed by atoms with Gasteiger partial charge in [-0.1, -0.05) is 36.4 Å². The SMILES string of the molecule is CCOC=NC1=C(C#N)C(c2cccc([N+](=O)[O-])c2)C2=C(O1)c1ccccc1CC2. The second kappa shape index (κ2) is 8.21. The number of benzene rings is 2. The summed E-state index contributed by atoms with van der Waals surface area (Å²) in [5.74, 6) is 0.342. The van der Waals surface area contributed by atoms with Crippen LogP contribution in [0.25, 0.3) is 5.76 Å². The molecule has 150 valence electrons. The molecule has 2 aromatic carbocycles. The van der Waals surface area contributed by atoms with E-state index in [1.165, 1.54) is 18.5 Å². The summed E-state index contributed by atoms with van der Waals surface area (Å²) in [5.41, 5.74) is 4.00. The van der Waals surface area contributed by atoms with Gasteiger partial charge in [0.25, 0.3) is 5.69 Å². The summed E-state index contributed by atoms with van der Waals surface area (Å²) in [7, 11) is 0. The quantitative estimate of drug-likeness (QED) is 0.308. The molecule has 0 aromatic heterocycles. The highest BCUT2D eigenvalue weighted by Crippen LogP contribution is 2.48. The molecule has 1 aliphatic heterocycles. The van der Waals surface area contributed by atoms with Crippen LogP contribution in [0.1, 0.15) is 36.0 Å². The van der Waals surface area contributed by atoms with Crippen LogP contribution in [0.4, 0.5) is 5.69 Å². The van der Waals surface area contributed by atoms with Gasteiger partial charge < -0.3 is 9.47 Å². The molecule has 7 nitrogen and oxygen atoms in total. The van der Waals surface area contributed by atoms with E-state index in [0.29, 0.717) is 29.9 Å². The average molecular weight is 401 g/mol. The van der Waals surface area contributed by atoms with Crippen molar-refractivity contribution in [2.75, 3.05) is 6.61 Å². The second-order valence-corrected chi connectivity index (χ2v) is 6.92. The van der Waals surface area contributed by atoms with Crippen molar-refractivity contribution in [1.29, 1.82) is 5.26 Å². The Kier molecular flexibility index (Phi) is 5.31. The van der Waals surface area contributed by atoms with Gasteiger partial charge in [-0.05, 0) is 36.5 Å². The van der Waals surface area contributed by atoms with Gasteiger partial charge in [0.2, 0.25) is 5.88 Å². The predicted octanol–water partition coefficient (Wildman–Crippen LogP) is 4.87. The van der Waals surface area contributed by atoms with Crippen molar-refractivity contribution in [3.63, 3.8) is 0 Å². The molecule has 2 aromatic rings. The van der Waals surface area contributed by atoms with E-state index in [1.54, 1.807) is 12.1 Å². The van der Waals surface area contributed by atoms with Crippen molar-refractivity contribution in [2.45, 2.75) is 25.7 Å². The zero-order chi connectivity index (χ0) is 21.1. The first-order chi connectivity index (χ1) is 14.6. The zero-order valence-electron chi connectivity index (χ0n) is 16.4. The largest absolute Gasteiger partial charge is 0.483 e. The number of nitro benzene ring substituents is 1. The van der Waals surface area contributed by atoms with Gasteiger partial charge in [-0.15, -0.1) is 0 Å². The minimum absolute atomic E-state index is 0.0194. The van der Waals surface area contributed by atoms with Crippen LogP contribution in [-0.4, -0.2) is 17.9 Å². The maximum Gasteiger partial charge on any atom is 0.269 e. The predicted molar refractivity (Wildman–Crippen MR) is 111 cm³/mol. The molecule has 0 saturated heterocycles. The summed E-state index contributed by atoms with van der Waals surface area (Å²) in [6.07, 6.45) is 2.75. The van der Waals surface area contributed by atoms with Crippen LogP contribution in [0.3, 0.4) is 0 Å². The molecule has 0 amide bonds. The standard InChI is InChI=1S/C23H19N3O4/c1-2-29-14-25-23-20(13-24)21(16-7-5-8-17(12-16)26(27)28)19-11-10-15-6-3-4-9-18(15)22(19)30-23/h3-9,12,14,21H,2,10-11H2,1H3. The lowest BCUT2D eigenvalue weighted by Gasteiger charge is -2.32. The van der Waals surface area contributed by atoms with E-state index in [0.717, 1.165) is 23.1 Å². The number of aliphatic imine (C=N–C) groups is 1. The van der Waals surface area contributed by atoms with Crippen molar-refractivity contribution in [1.82, 2.24) is 0 Å². The van der Waals surface area contributed by atoms with Crippen molar-refractivity contribution in [3.05, 3.63) is 92.4 Å². The van der Waals surface area contributed by atoms with Gasteiger partial charge in [-0.25, -0.2) is 0 Å². The van der Waals surface area contributed by atoms with Gasteiger partial charge in [0.05, 0.1) is 11.5 Å². The third kappa shape index (κ3) is 3.44. The maximum atomic E-state index is 11.3. The van der Waals surface area contributed by atoms with E-state index in [2.05, 4.69) is 17.1 Å². The molecule has 0 bridgehead atoms. The Morgan fingerprint density at radius 3 is 2.90 bits per heavy atom. The minimum Gasteiger partial charge on any atom is -0.483 e. The minimum atomic E-state index is -0.471. The molecular weight excluding hydrogens is 382 g/mol. The van der Waals surface area contributed by atoms with E-state index >= 15 is 0 Å². The molecule has 0 fully saturated rings. The monoisotopic (exact) mass is 401 g/mol. The Morgan fingerprint density at radius 1 is 1.30 bits per heavy atom. The summed E-state index contributed by atoms with van der Waals surface area (Å²) < 4.78 is 11.3. The Balaban J connectivity index is 1.91. The number of hydrogen-bond acceptors (Lipinski definition) is 6. The maximum absolute atomic E-state index is 11.3. The summed E-state index contributed by atoms with van der Waals surface area (Å²) in [6, 6.07) is 16.6. The van der Waals surface area contributed by atoms with Gasteiger partial charge in [0.15, 0.2) is 6.40 Å². The molecule has 30 heavy (non-hydrogen) atoms. The van der Waals surface area contributed by atoms with Crippen LogP contribution in [0.2, 0.25) is 0 Å². The lowest BCUT2D eigenvalue weighted by Crippen LogP contribution is -2.20. The van der Waals surface area contributed by atoms with E-state index in [9.17, 15) is 15.4 Å². The molecule has 0 spiro atoms. The molecule has 1 unspecified atom stereocenters. The van der Waals surface area contributed by atoms with Crippen LogP contribution in [0, 0.1) is 21.4 Å². The lowest BCUT2D eigenvalue weighted by molar-refractivity contribution is -0.384. The topological polar surface area (TPSA) is 97.8 Å². The number of rotatable bonds is 5. The number of nitrogens with zero attached hydrogens (tertiary/aromatic N) is 3. The van der Waals surface area contributed by atoms with E-state index < -0.39 is 10.8 Å². The number of aryl methyl sites for hydroxylation is 1. The fourth-order valence-corrected chi connectivity index (χ4v) is 3.91. The van der Waals surface area contributed by atoms with Gasteiger partial charge in [-0.2, -0.15) is 10.3 Å². The van der Waals surface area contributed by atoms with Crippen LogP contribution in [0.15, 0.2) is 70.6 Å². The van der Waals surface area contributed by atoms with Gasteiger partial charge >= 0.3 is 0 Å². The Bertz CT molecular complexity index is 1140. The Hall–Kier alpha value is -3.92. The number of nitriles is 1. The molecule has 0 radical (unpaired) electrons. The lowest BCUT2D eigenvalue weighted by atomic mass is 9.76. The van der Waals surface area contributed by atoms with Crippen molar-refractivity contribution >= 4 is 17.8 Å². The third-order valence-electron chi connectivity index (χ3n) is 5.23. The number of nitro groups is 1. The number of hydrogen-bond donors (Lipinski definition) is 0. The fourth-order valence-electron chi connectivity index (χ4n) is 3.91. The van der Waals surface area contributed by atoms with Gasteiger partial charge in [0, 0.05) is 23.6 Å². The van der Waals surface area contributed by atoms with Gasteiger partial charge in [-0.3, -0.25) is 10.1 Å². The summed E-state index contributed by atoms with van der Waals surface area (Å²) in [4.78, 5) is 15.1. The first-order valence-corrected chi connectivity index (χ1v) is 9.66. The average Bonchev–Trinajstić information content (AvgIpc) is 2.78. The zero-order valence-corrected chi connectivity index (χ0v) is 16.4. The van der Waals surface area contributed by atoms with Crippen LogP contribution < -0.4 is 0 Å². The smallest absolute Gasteiger partial charge is 0.269 e. The summed E-state index contributed by atoms with van der Waals surface area (Å²) >= 11 is 0. The first-order valence-electron chi connectivity index (χ1n) is 9.66. The fraction of sp³-hybridized carbons (Fsp3) is 0.217. The molecule has 2 aliphatic rings. The van der Waals surface area contributed by atoms with Crippen molar-refractivity contribution in [3.8, 4) is 6.07 Å². The molecule has 0 saturated carbocycles. The summed E-state index contributed by atoms with van der Waals surface area (Å²) in [5, 5.41) is 21.3. The van der Waals surface area contributed by atoms with E-state index in [4.69, 9.17) is 9.47 Å². The van der Waals surface area contributed by atoms with Crippen molar-refractivity contribution < 1.29 is 14.4 Å². The normalized spacial score (nSPS) is 17.8. The van der Waals surface area contributed by atoms with Crippen LogP contribution in [-0.2, 0) is 15.9 Å². The van der Waals surface area contributed by atoms with Crippen molar-refractivity contribution in [2.24, 2.45) is 4.99 Å². The Labute approximate surface area is 173 Å². The number of allylic oxidation sites excluding steroid dienone is 2. The van der Waals surface area contributed by atoms with Crippen LogP contribution in [0.5, 0.6) is 0 Å².